The first-order valence-corrected chi connectivity index (χ1v) is 5.66. The van der Waals surface area contributed by atoms with E-state index in [0.29, 0.717) is 5.91 Å². The molecule has 1 aliphatic carbocycles. The van der Waals surface area contributed by atoms with Gasteiger partial charge in [-0.05, 0) is 24.7 Å². The molecule has 2 aliphatic rings. The van der Waals surface area contributed by atoms with Crippen LogP contribution in [0.1, 0.15) is 39.5 Å². The molecule has 0 bridgehead atoms. The van der Waals surface area contributed by atoms with Crippen LogP contribution in [0.15, 0.2) is 0 Å². The molecule has 0 radical (unpaired) electrons. The van der Waals surface area contributed by atoms with Gasteiger partial charge in [0.15, 0.2) is 0 Å². The molecule has 1 unspecified atom stereocenters. The quantitative estimate of drug-likeness (QED) is 0.690. The maximum absolute atomic E-state index is 12.1. The zero-order chi connectivity index (χ0) is 10.2. The average Bonchev–Trinajstić information content (AvgIpc) is 2.71. The molecule has 2 rings (SSSR count). The first-order chi connectivity index (χ1) is 6.61. The number of carbonyl (C=O) groups is 1. The summed E-state index contributed by atoms with van der Waals surface area (Å²) in [6, 6.07) is 0. The van der Waals surface area contributed by atoms with Gasteiger partial charge in [0.2, 0.25) is 5.91 Å². The molecule has 0 aromatic rings. The van der Waals surface area contributed by atoms with Crippen molar-refractivity contribution in [1.82, 2.24) is 10.4 Å². The molecule has 1 heterocycles. The van der Waals surface area contributed by atoms with Gasteiger partial charge in [0.25, 0.3) is 0 Å². The van der Waals surface area contributed by atoms with E-state index >= 15 is 0 Å². The van der Waals surface area contributed by atoms with Gasteiger partial charge in [-0.25, -0.2) is 5.43 Å². The summed E-state index contributed by atoms with van der Waals surface area (Å²) in [7, 11) is 0. The summed E-state index contributed by atoms with van der Waals surface area (Å²) < 4.78 is 0. The molecular weight excluding hydrogens is 176 g/mol. The SMILES string of the molecule is CC1(C)CCCC1C(=O)N1CCCN1. The maximum atomic E-state index is 12.1. The van der Waals surface area contributed by atoms with E-state index in [-0.39, 0.29) is 11.3 Å². The van der Waals surface area contributed by atoms with Gasteiger partial charge in [-0.3, -0.25) is 9.80 Å². The van der Waals surface area contributed by atoms with Crippen LogP contribution < -0.4 is 5.43 Å². The van der Waals surface area contributed by atoms with E-state index in [1.54, 1.807) is 0 Å². The van der Waals surface area contributed by atoms with Gasteiger partial charge in [-0.15, -0.1) is 0 Å². The Balaban J connectivity index is 2.03. The molecule has 1 saturated heterocycles. The van der Waals surface area contributed by atoms with Crippen LogP contribution in [-0.4, -0.2) is 24.0 Å². The van der Waals surface area contributed by atoms with E-state index < -0.39 is 0 Å². The highest BCUT2D eigenvalue weighted by Crippen LogP contribution is 2.43. The third-order valence-corrected chi connectivity index (χ3v) is 3.68. The van der Waals surface area contributed by atoms with Crippen LogP contribution in [0, 0.1) is 11.3 Å². The Morgan fingerprint density at radius 1 is 1.43 bits per heavy atom. The van der Waals surface area contributed by atoms with Gasteiger partial charge in [-0.2, -0.15) is 0 Å². The van der Waals surface area contributed by atoms with Gasteiger partial charge < -0.3 is 0 Å². The van der Waals surface area contributed by atoms with E-state index in [1.165, 1.54) is 12.8 Å². The Bertz CT molecular complexity index is 231. The number of hydrazine groups is 1. The van der Waals surface area contributed by atoms with Crippen LogP contribution in [0.3, 0.4) is 0 Å². The van der Waals surface area contributed by atoms with E-state index in [1.807, 2.05) is 5.01 Å². The van der Waals surface area contributed by atoms with Gasteiger partial charge in [0, 0.05) is 19.0 Å². The molecule has 1 N–H and O–H groups in total. The molecule has 80 valence electrons. The summed E-state index contributed by atoms with van der Waals surface area (Å²) >= 11 is 0. The van der Waals surface area contributed by atoms with Gasteiger partial charge in [0.1, 0.15) is 0 Å². The number of carbonyl (C=O) groups excluding carboxylic acids is 1. The van der Waals surface area contributed by atoms with Crippen LogP contribution >= 0.6 is 0 Å². The third-order valence-electron chi connectivity index (χ3n) is 3.68. The molecule has 3 heteroatoms. The highest BCUT2D eigenvalue weighted by Gasteiger charge is 2.41. The summed E-state index contributed by atoms with van der Waals surface area (Å²) in [5.74, 6) is 0.568. The first-order valence-electron chi connectivity index (χ1n) is 5.66. The number of nitrogens with one attached hydrogen (secondary N) is 1. The van der Waals surface area contributed by atoms with E-state index in [0.717, 1.165) is 25.9 Å². The van der Waals surface area contributed by atoms with Crippen molar-refractivity contribution in [2.45, 2.75) is 39.5 Å². The fourth-order valence-electron chi connectivity index (χ4n) is 2.69. The predicted molar refractivity (Wildman–Crippen MR) is 55.5 cm³/mol. The van der Waals surface area contributed by atoms with E-state index in [2.05, 4.69) is 19.3 Å². The highest BCUT2D eigenvalue weighted by molar-refractivity contribution is 5.79. The fraction of sp³-hybridized carbons (Fsp3) is 0.909. The normalized spacial score (nSPS) is 31.0. The standard InChI is InChI=1S/C11H20N2O/c1-11(2)6-3-5-9(11)10(14)13-8-4-7-12-13/h9,12H,3-8H2,1-2H3. The summed E-state index contributed by atoms with van der Waals surface area (Å²) in [5.41, 5.74) is 3.36. The maximum Gasteiger partial charge on any atom is 0.240 e. The molecular formula is C11H20N2O. The number of hydrogen-bond acceptors (Lipinski definition) is 2. The molecule has 1 aliphatic heterocycles. The minimum atomic E-state index is 0.210. The van der Waals surface area contributed by atoms with Crippen LogP contribution in [0.4, 0.5) is 0 Å². The second kappa shape index (κ2) is 3.54. The number of amides is 1. The summed E-state index contributed by atoms with van der Waals surface area (Å²) in [6.07, 6.45) is 4.57. The fourth-order valence-corrected chi connectivity index (χ4v) is 2.69. The van der Waals surface area contributed by atoms with Crippen LogP contribution in [0.2, 0.25) is 0 Å². The Labute approximate surface area is 85.8 Å². The monoisotopic (exact) mass is 196 g/mol. The van der Waals surface area contributed by atoms with Gasteiger partial charge >= 0.3 is 0 Å². The van der Waals surface area contributed by atoms with Crippen molar-refractivity contribution in [3.8, 4) is 0 Å². The molecule has 0 spiro atoms. The van der Waals surface area contributed by atoms with Crippen molar-refractivity contribution in [2.75, 3.05) is 13.1 Å². The van der Waals surface area contributed by atoms with E-state index in [4.69, 9.17) is 0 Å². The minimum absolute atomic E-state index is 0.210. The second-order valence-electron chi connectivity index (χ2n) is 5.18. The Morgan fingerprint density at radius 3 is 2.71 bits per heavy atom. The minimum Gasteiger partial charge on any atom is -0.278 e. The number of nitrogens with zero attached hydrogens (tertiary/aromatic N) is 1. The lowest BCUT2D eigenvalue weighted by molar-refractivity contribution is -0.139. The smallest absolute Gasteiger partial charge is 0.240 e. The van der Waals surface area contributed by atoms with E-state index in [9.17, 15) is 4.79 Å². The lowest BCUT2D eigenvalue weighted by atomic mass is 9.81. The van der Waals surface area contributed by atoms with Crippen LogP contribution in [-0.2, 0) is 4.79 Å². The number of rotatable bonds is 1. The van der Waals surface area contributed by atoms with Gasteiger partial charge in [-0.1, -0.05) is 20.3 Å². The average molecular weight is 196 g/mol. The largest absolute Gasteiger partial charge is 0.278 e. The summed E-state index contributed by atoms with van der Waals surface area (Å²) in [6.45, 7) is 6.29. The van der Waals surface area contributed by atoms with Crippen molar-refractivity contribution >= 4 is 5.91 Å². The lowest BCUT2D eigenvalue weighted by Crippen LogP contribution is -2.43. The molecule has 1 atom stereocenters. The van der Waals surface area contributed by atoms with Crippen molar-refractivity contribution in [3.63, 3.8) is 0 Å². The molecule has 14 heavy (non-hydrogen) atoms. The van der Waals surface area contributed by atoms with Crippen molar-refractivity contribution in [1.29, 1.82) is 0 Å². The number of hydrogen-bond donors (Lipinski definition) is 1. The third kappa shape index (κ3) is 1.65. The molecule has 2 fully saturated rings. The molecule has 1 amide bonds. The summed E-state index contributed by atoms with van der Waals surface area (Å²) in [4.78, 5) is 12.1. The first kappa shape index (κ1) is 9.97. The Hall–Kier alpha value is -0.570. The zero-order valence-electron chi connectivity index (χ0n) is 9.18. The Morgan fingerprint density at radius 2 is 2.21 bits per heavy atom. The van der Waals surface area contributed by atoms with Gasteiger partial charge in [0.05, 0.1) is 0 Å². The van der Waals surface area contributed by atoms with Crippen LogP contribution in [0.25, 0.3) is 0 Å². The van der Waals surface area contributed by atoms with Crippen LogP contribution in [0.5, 0.6) is 0 Å². The van der Waals surface area contributed by atoms with Crippen molar-refractivity contribution in [2.24, 2.45) is 11.3 Å². The molecule has 0 aromatic carbocycles. The van der Waals surface area contributed by atoms with Crippen molar-refractivity contribution in [3.05, 3.63) is 0 Å². The van der Waals surface area contributed by atoms with Crippen molar-refractivity contribution < 1.29 is 4.79 Å². The highest BCUT2D eigenvalue weighted by atomic mass is 16.2. The second-order valence-corrected chi connectivity index (χ2v) is 5.18. The molecule has 0 aromatic heterocycles. The lowest BCUT2D eigenvalue weighted by Gasteiger charge is -2.29. The summed E-state index contributed by atoms with van der Waals surface area (Å²) in [5, 5.41) is 1.83. The zero-order valence-corrected chi connectivity index (χ0v) is 9.18. The molecule has 1 saturated carbocycles. The Kier molecular flexibility index (Phi) is 2.52. The predicted octanol–water partition coefficient (Wildman–Crippen LogP) is 1.55. The topological polar surface area (TPSA) is 32.3 Å². The molecule has 3 nitrogen and oxygen atoms in total.